The Hall–Kier alpha value is -1.66. The zero-order valence-electron chi connectivity index (χ0n) is 14.4. The van der Waals surface area contributed by atoms with Crippen molar-refractivity contribution >= 4 is 44.9 Å². The van der Waals surface area contributed by atoms with E-state index in [4.69, 9.17) is 20.4 Å². The van der Waals surface area contributed by atoms with E-state index in [0.717, 1.165) is 11.8 Å². The van der Waals surface area contributed by atoms with Gasteiger partial charge in [0.05, 0.1) is 6.54 Å². The number of carboxylic acid groups (broad SMARTS) is 1. The Morgan fingerprint density at radius 2 is 1.84 bits per heavy atom. The second kappa shape index (κ2) is 9.15. The summed E-state index contributed by atoms with van der Waals surface area (Å²) in [5, 5.41) is 21.4. The van der Waals surface area contributed by atoms with E-state index in [2.05, 4.69) is 0 Å². The molecule has 25 heavy (non-hydrogen) atoms. The number of ether oxygens (including phenoxy) is 1. The predicted octanol–water partition coefficient (Wildman–Crippen LogP) is 0.817. The van der Waals surface area contributed by atoms with Gasteiger partial charge in [0.25, 0.3) is 0 Å². The molecule has 0 saturated carbocycles. The summed E-state index contributed by atoms with van der Waals surface area (Å²) in [6.07, 6.45) is -1.28. The van der Waals surface area contributed by atoms with E-state index in [1.54, 1.807) is 0 Å². The smallest absolute Gasteiger partial charge is 0.425 e. The molecule has 144 valence electrons. The van der Waals surface area contributed by atoms with Crippen LogP contribution in [-0.4, -0.2) is 58.6 Å². The average molecular weight is 397 g/mol. The van der Waals surface area contributed by atoms with E-state index >= 15 is 0 Å². The van der Waals surface area contributed by atoms with Gasteiger partial charge in [-0.2, -0.15) is 12.7 Å². The third kappa shape index (κ3) is 9.41. The van der Waals surface area contributed by atoms with E-state index < -0.39 is 46.0 Å². The van der Waals surface area contributed by atoms with Crippen molar-refractivity contribution in [3.05, 3.63) is 0 Å². The Morgan fingerprint density at radius 1 is 1.32 bits per heavy atom. The van der Waals surface area contributed by atoms with Crippen LogP contribution in [0.1, 0.15) is 34.1 Å². The summed E-state index contributed by atoms with van der Waals surface area (Å²) in [6, 6.07) is 0. The van der Waals surface area contributed by atoms with Crippen molar-refractivity contribution in [3.63, 3.8) is 0 Å². The van der Waals surface area contributed by atoms with Gasteiger partial charge >= 0.3 is 22.3 Å². The highest BCUT2D eigenvalue weighted by Gasteiger charge is 2.34. The van der Waals surface area contributed by atoms with Crippen molar-refractivity contribution in [2.45, 2.75) is 39.7 Å². The molecular weight excluding hydrogens is 374 g/mol. The number of carbonyl (C=O) groups is 3. The van der Waals surface area contributed by atoms with Gasteiger partial charge < -0.3 is 9.84 Å². The van der Waals surface area contributed by atoms with Crippen LogP contribution in [0.2, 0.25) is 0 Å². The molecular formula is C13H23N3O7S2. The number of hydrogen-bond donors (Lipinski definition) is 3. The van der Waals surface area contributed by atoms with Gasteiger partial charge in [-0.1, -0.05) is 11.8 Å². The van der Waals surface area contributed by atoms with Gasteiger partial charge in [-0.3, -0.25) is 10.2 Å². The standard InChI is InChI=1S/C13H23N3O7S2/c1-8(17)24-6-5-9(10(14)11(18)19)7-16(25(15,21)22)12(20)23-13(2,3)4/h9,14H,5-7H2,1-4H3,(H,18,19)(H2,15,21,22). The highest BCUT2D eigenvalue weighted by Crippen LogP contribution is 2.18. The lowest BCUT2D eigenvalue weighted by Crippen LogP contribution is -2.48. The fraction of sp³-hybridized carbons (Fsp3) is 0.692. The van der Waals surface area contributed by atoms with Crippen molar-refractivity contribution < 1.29 is 32.6 Å². The molecule has 1 amide bonds. The van der Waals surface area contributed by atoms with Crippen LogP contribution in [0.5, 0.6) is 0 Å². The van der Waals surface area contributed by atoms with Crippen molar-refractivity contribution in [2.75, 3.05) is 12.3 Å². The summed E-state index contributed by atoms with van der Waals surface area (Å²) >= 11 is 0.898. The number of nitrogens with zero attached hydrogens (tertiary/aromatic N) is 1. The molecule has 10 nitrogen and oxygen atoms in total. The maximum Gasteiger partial charge on any atom is 0.425 e. The molecule has 0 aromatic carbocycles. The Labute approximate surface area is 150 Å². The van der Waals surface area contributed by atoms with Crippen LogP contribution in [0.15, 0.2) is 0 Å². The minimum atomic E-state index is -4.54. The van der Waals surface area contributed by atoms with Crippen LogP contribution < -0.4 is 5.14 Å². The predicted molar refractivity (Wildman–Crippen MR) is 92.7 cm³/mol. The number of hydrogen-bond acceptors (Lipinski definition) is 8. The van der Waals surface area contributed by atoms with Crippen LogP contribution in [0, 0.1) is 11.3 Å². The summed E-state index contributed by atoms with van der Waals surface area (Å²) in [5.41, 5.74) is -1.79. The van der Waals surface area contributed by atoms with Crippen molar-refractivity contribution in [2.24, 2.45) is 11.1 Å². The van der Waals surface area contributed by atoms with E-state index in [1.165, 1.54) is 27.7 Å². The van der Waals surface area contributed by atoms with Gasteiger partial charge in [-0.05, 0) is 27.2 Å². The van der Waals surface area contributed by atoms with Crippen LogP contribution in [0.4, 0.5) is 4.79 Å². The number of rotatable bonds is 8. The fourth-order valence-electron chi connectivity index (χ4n) is 1.64. The molecule has 0 rings (SSSR count). The lowest BCUT2D eigenvalue weighted by atomic mass is 10.0. The number of amides is 1. The van der Waals surface area contributed by atoms with E-state index in [0.29, 0.717) is 0 Å². The molecule has 0 aromatic heterocycles. The quantitative estimate of drug-likeness (QED) is 0.506. The maximum absolute atomic E-state index is 12.1. The first-order valence-corrected chi connectivity index (χ1v) is 9.62. The number of carboxylic acids is 1. The molecule has 0 fully saturated rings. The molecule has 0 aromatic rings. The lowest BCUT2D eigenvalue weighted by molar-refractivity contribution is -0.129. The average Bonchev–Trinajstić information content (AvgIpc) is 2.37. The van der Waals surface area contributed by atoms with Crippen LogP contribution in [-0.2, 0) is 24.5 Å². The Bertz CT molecular complexity index is 640. The molecule has 0 spiro atoms. The summed E-state index contributed by atoms with van der Waals surface area (Å²) in [6.45, 7) is 5.21. The topological polar surface area (TPSA) is 168 Å². The lowest BCUT2D eigenvalue weighted by Gasteiger charge is -2.28. The third-order valence-electron chi connectivity index (χ3n) is 2.70. The molecule has 0 aliphatic rings. The summed E-state index contributed by atoms with van der Waals surface area (Å²) in [5.74, 6) is -2.55. The number of nitrogens with one attached hydrogen (secondary N) is 1. The van der Waals surface area contributed by atoms with Crippen molar-refractivity contribution in [1.29, 1.82) is 5.41 Å². The van der Waals surface area contributed by atoms with Gasteiger partial charge in [-0.25, -0.2) is 14.7 Å². The summed E-state index contributed by atoms with van der Waals surface area (Å²) in [4.78, 5) is 34.1. The minimum Gasteiger partial charge on any atom is -0.477 e. The van der Waals surface area contributed by atoms with Gasteiger partial charge in [0.15, 0.2) is 5.12 Å². The van der Waals surface area contributed by atoms with E-state index in [1.807, 2.05) is 0 Å². The molecule has 1 unspecified atom stereocenters. The molecule has 4 N–H and O–H groups in total. The Kier molecular flexibility index (Phi) is 8.54. The van der Waals surface area contributed by atoms with Gasteiger partial charge in [0, 0.05) is 18.6 Å². The van der Waals surface area contributed by atoms with Crippen LogP contribution in [0.25, 0.3) is 0 Å². The third-order valence-corrected chi connectivity index (χ3v) is 4.46. The normalized spacial score (nSPS) is 13.0. The molecule has 0 saturated heterocycles. The van der Waals surface area contributed by atoms with E-state index in [-0.39, 0.29) is 21.6 Å². The highest BCUT2D eigenvalue weighted by molar-refractivity contribution is 8.13. The highest BCUT2D eigenvalue weighted by atomic mass is 32.2. The zero-order valence-corrected chi connectivity index (χ0v) is 16.1. The molecule has 1 atom stereocenters. The Morgan fingerprint density at radius 3 is 2.20 bits per heavy atom. The first kappa shape index (κ1) is 23.3. The van der Waals surface area contributed by atoms with E-state index in [9.17, 15) is 22.8 Å². The zero-order chi connectivity index (χ0) is 20.0. The molecule has 0 aliphatic heterocycles. The SMILES string of the molecule is CC(=O)SCCC(CN(C(=O)OC(C)(C)C)S(N)(=O)=O)C(=N)C(=O)O. The second-order valence-electron chi connectivity index (χ2n) is 6.10. The number of thioether (sulfide) groups is 1. The molecule has 0 heterocycles. The fourth-order valence-corrected chi connectivity index (χ4v) is 2.96. The molecule has 0 aliphatic carbocycles. The largest absolute Gasteiger partial charge is 0.477 e. The Balaban J connectivity index is 5.44. The molecule has 0 bridgehead atoms. The van der Waals surface area contributed by atoms with Crippen molar-refractivity contribution in [3.8, 4) is 0 Å². The van der Waals surface area contributed by atoms with Gasteiger partial charge in [-0.15, -0.1) is 0 Å². The molecule has 0 radical (unpaired) electrons. The first-order chi connectivity index (χ1) is 11.1. The first-order valence-electron chi connectivity index (χ1n) is 7.13. The van der Waals surface area contributed by atoms with Crippen molar-refractivity contribution in [1.82, 2.24) is 4.31 Å². The monoisotopic (exact) mass is 397 g/mol. The maximum atomic E-state index is 12.1. The second-order valence-corrected chi connectivity index (χ2v) is 8.84. The van der Waals surface area contributed by atoms with Crippen LogP contribution in [0.3, 0.4) is 0 Å². The molecule has 12 heteroatoms. The van der Waals surface area contributed by atoms with Gasteiger partial charge in [0.2, 0.25) is 0 Å². The number of nitrogens with two attached hydrogens (primary N) is 1. The summed E-state index contributed by atoms with van der Waals surface area (Å²) < 4.78 is 28.5. The number of aliphatic carboxylic acids is 1. The number of carbonyl (C=O) groups excluding carboxylic acids is 2. The van der Waals surface area contributed by atoms with Gasteiger partial charge in [0.1, 0.15) is 11.3 Å². The van der Waals surface area contributed by atoms with Crippen LogP contribution >= 0.6 is 11.8 Å². The minimum absolute atomic E-state index is 0.00972. The summed E-state index contributed by atoms with van der Waals surface area (Å²) in [7, 11) is -4.54.